The zero-order valence-electron chi connectivity index (χ0n) is 60.5. The molecular formula is C70H114O35. The molecule has 0 aromatic carbocycles. The topological polar surface area (TPSA) is 551 Å². The van der Waals surface area contributed by atoms with Crippen molar-refractivity contribution in [3.05, 3.63) is 11.6 Å². The van der Waals surface area contributed by atoms with Crippen LogP contribution in [0, 0.1) is 50.2 Å². The highest BCUT2D eigenvalue weighted by Crippen LogP contribution is 2.76. The Kier molecular flexibility index (Phi) is 24.3. The number of aliphatic hydroxyl groups is 20. The first kappa shape index (κ1) is 82.4. The van der Waals surface area contributed by atoms with Gasteiger partial charge in [-0.05, 0) is 111 Å². The molecule has 0 bridgehead atoms. The van der Waals surface area contributed by atoms with E-state index in [0.717, 1.165) is 5.57 Å². The van der Waals surface area contributed by atoms with E-state index >= 15 is 4.79 Å². The summed E-state index contributed by atoms with van der Waals surface area (Å²) in [5.41, 5.74) is -3.30. The quantitative estimate of drug-likeness (QED) is 0.0366. The number of ether oxygens (including phenoxy) is 14. The lowest BCUT2D eigenvalue weighted by molar-refractivity contribution is -0.388. The van der Waals surface area contributed by atoms with Gasteiger partial charge in [0.15, 0.2) is 37.7 Å². The van der Waals surface area contributed by atoms with Crippen molar-refractivity contribution >= 4 is 5.97 Å². The second kappa shape index (κ2) is 31.0. The van der Waals surface area contributed by atoms with Crippen LogP contribution >= 0.6 is 0 Å². The number of aliphatic hydroxyl groups excluding tert-OH is 20. The van der Waals surface area contributed by atoms with Crippen molar-refractivity contribution in [2.45, 2.75) is 335 Å². The molecule has 42 atom stereocenters. The van der Waals surface area contributed by atoms with E-state index in [1.807, 2.05) is 13.8 Å². The Balaban J connectivity index is 0.750. The van der Waals surface area contributed by atoms with Crippen LogP contribution in [-0.4, -0.2) is 356 Å². The summed E-state index contributed by atoms with van der Waals surface area (Å²) in [6.07, 6.45) is -50.4. The number of carbonyl (C=O) groups is 1. The van der Waals surface area contributed by atoms with E-state index in [1.165, 1.54) is 13.8 Å². The van der Waals surface area contributed by atoms with Crippen LogP contribution in [0.1, 0.15) is 120 Å². The van der Waals surface area contributed by atoms with Gasteiger partial charge in [-0.15, -0.1) is 0 Å². The fourth-order valence-corrected chi connectivity index (χ4v) is 20.1. The lowest BCUT2D eigenvalue weighted by Gasteiger charge is -2.71. The monoisotopic (exact) mass is 1510 g/mol. The lowest BCUT2D eigenvalue weighted by Crippen LogP contribution is -2.68. The second-order valence-electron chi connectivity index (χ2n) is 33.8. The van der Waals surface area contributed by atoms with Crippen molar-refractivity contribution in [2.75, 3.05) is 33.0 Å². The molecule has 604 valence electrons. The summed E-state index contributed by atoms with van der Waals surface area (Å²) in [6.45, 7) is 14.5. The van der Waals surface area contributed by atoms with E-state index in [4.69, 9.17) is 66.3 Å². The van der Waals surface area contributed by atoms with Crippen LogP contribution < -0.4 is 0 Å². The maximum absolute atomic E-state index is 15.4. The predicted octanol–water partition coefficient (Wildman–Crippen LogP) is -6.26. The molecule has 0 unspecified atom stereocenters. The van der Waals surface area contributed by atoms with E-state index in [0.29, 0.717) is 44.9 Å². The molecule has 12 rings (SSSR count). The highest BCUT2D eigenvalue weighted by atomic mass is 16.8. The van der Waals surface area contributed by atoms with Crippen molar-refractivity contribution < 1.29 is 173 Å². The number of hydrogen-bond acceptors (Lipinski definition) is 35. The largest absolute Gasteiger partial charge is 0.432 e. The van der Waals surface area contributed by atoms with Crippen molar-refractivity contribution in [3.8, 4) is 0 Å². The van der Waals surface area contributed by atoms with Crippen LogP contribution in [0.2, 0.25) is 0 Å². The Hall–Kier alpha value is -2.11. The molecule has 0 amide bonds. The molecule has 0 radical (unpaired) electrons. The van der Waals surface area contributed by atoms with Gasteiger partial charge in [-0.3, -0.25) is 4.79 Å². The van der Waals surface area contributed by atoms with Crippen molar-refractivity contribution in [2.24, 2.45) is 50.2 Å². The normalized spacial score (nSPS) is 55.0. The van der Waals surface area contributed by atoms with Crippen molar-refractivity contribution in [1.82, 2.24) is 0 Å². The highest BCUT2D eigenvalue weighted by Gasteiger charge is 2.72. The van der Waals surface area contributed by atoms with Gasteiger partial charge in [0.05, 0.1) is 62.9 Å². The third-order valence-corrected chi connectivity index (χ3v) is 27.1. The van der Waals surface area contributed by atoms with Gasteiger partial charge in [-0.1, -0.05) is 60.1 Å². The Labute approximate surface area is 607 Å². The molecule has 35 nitrogen and oxygen atoms in total. The van der Waals surface area contributed by atoms with Gasteiger partial charge < -0.3 is 168 Å². The van der Waals surface area contributed by atoms with Crippen LogP contribution in [0.4, 0.5) is 0 Å². The average molecular weight is 1520 g/mol. The van der Waals surface area contributed by atoms with Crippen LogP contribution in [-0.2, 0) is 71.1 Å². The lowest BCUT2D eigenvalue weighted by atomic mass is 9.33. The molecule has 0 spiro atoms. The Morgan fingerprint density at radius 2 is 1.00 bits per heavy atom. The smallest absolute Gasteiger partial charge is 0.315 e. The fourth-order valence-electron chi connectivity index (χ4n) is 20.1. The Morgan fingerprint density at radius 3 is 1.67 bits per heavy atom. The summed E-state index contributed by atoms with van der Waals surface area (Å²) >= 11 is 0. The Bertz CT molecular complexity index is 2990. The molecule has 5 aliphatic carbocycles. The number of carbonyl (C=O) groups excluding carboxylic acids is 1. The molecule has 12 aliphatic rings. The third-order valence-electron chi connectivity index (χ3n) is 27.1. The second-order valence-corrected chi connectivity index (χ2v) is 33.8. The van der Waals surface area contributed by atoms with E-state index in [1.54, 1.807) is 0 Å². The van der Waals surface area contributed by atoms with E-state index in [9.17, 15) is 102 Å². The van der Waals surface area contributed by atoms with Gasteiger partial charge in [0.25, 0.3) is 0 Å². The Morgan fingerprint density at radius 1 is 0.457 bits per heavy atom. The van der Waals surface area contributed by atoms with Gasteiger partial charge in [0.2, 0.25) is 6.29 Å². The van der Waals surface area contributed by atoms with E-state index in [2.05, 4.69) is 40.7 Å². The zero-order chi connectivity index (χ0) is 76.6. The minimum absolute atomic E-state index is 0.0198. The molecule has 4 saturated carbocycles. The molecule has 11 fully saturated rings. The molecule has 105 heavy (non-hydrogen) atoms. The van der Waals surface area contributed by atoms with Gasteiger partial charge in [0, 0.05) is 5.92 Å². The van der Waals surface area contributed by atoms with Gasteiger partial charge in [0.1, 0.15) is 146 Å². The molecular weight excluding hydrogens is 1400 g/mol. The molecule has 20 N–H and O–H groups in total. The molecule has 7 aliphatic heterocycles. The molecule has 35 heteroatoms. The van der Waals surface area contributed by atoms with E-state index < -0.39 is 287 Å². The zero-order valence-corrected chi connectivity index (χ0v) is 60.5. The van der Waals surface area contributed by atoms with Gasteiger partial charge in [-0.2, -0.15) is 0 Å². The summed E-state index contributed by atoms with van der Waals surface area (Å²) in [5, 5.41) is 220. The summed E-state index contributed by atoms with van der Waals surface area (Å²) in [4.78, 5) is 15.4. The minimum atomic E-state index is -2.00. The van der Waals surface area contributed by atoms with Crippen molar-refractivity contribution in [3.63, 3.8) is 0 Å². The number of hydrogen-bond donors (Lipinski definition) is 20. The average Bonchev–Trinajstić information content (AvgIpc) is 0.671. The fraction of sp³-hybridized carbons (Fsp3) is 0.957. The number of fused-ring (bicyclic) bond motifs is 7. The van der Waals surface area contributed by atoms with Gasteiger partial charge >= 0.3 is 5.97 Å². The first-order chi connectivity index (χ1) is 49.2. The first-order valence-electron chi connectivity index (χ1n) is 37.0. The molecule has 7 saturated heterocycles. The summed E-state index contributed by atoms with van der Waals surface area (Å²) in [7, 11) is 0. The maximum atomic E-state index is 15.4. The summed E-state index contributed by atoms with van der Waals surface area (Å²) in [5.74, 6) is -1.63. The standard InChI is InChI=1S/C70H114O35/c1-25-37(74)43(80)48(85)59(95-25)102-53-30(21-72)98-57(51(88)46(53)83)93-23-31-41(78)45(82)50(87)61(99-31)105-64(91)70-18-16-65(3,4)56(90)36(70)27-10-11-34-67(7)14-13-35(66(5,6)33(67)12-15-69(34,9)68(27,8)17-19-70)101-63-55(42(79)32(24-94-63)100-60-49(86)44(81)40(77)29(20-71)97-60)104-62-52(89)54(38(75)26(2)96-62)103-58-47(84)39(76)28(73)22-92-58/h10,25-26,28-63,71-90H,11-24H2,1-9H3/t25-,26-,28+,29+,30+,31+,32-,33-,34+,35-,36+,37-,38-,39-,40+,41+,42-,43+,44-,45-,46+,47+,48+,49+,50+,51+,52+,53+,54+,55+,56-,57+,58-,59-,60-,61-,62-,63-,67-,68+,69+,70-/m0/s1. The molecule has 7 heterocycles. The maximum Gasteiger partial charge on any atom is 0.315 e. The highest BCUT2D eigenvalue weighted by molar-refractivity contribution is 5.79. The van der Waals surface area contributed by atoms with Crippen LogP contribution in [0.25, 0.3) is 0 Å². The van der Waals surface area contributed by atoms with Crippen LogP contribution in [0.5, 0.6) is 0 Å². The number of rotatable bonds is 17. The third kappa shape index (κ3) is 14.3. The van der Waals surface area contributed by atoms with Gasteiger partial charge in [-0.25, -0.2) is 0 Å². The number of allylic oxidation sites excluding steroid dienone is 1. The summed E-state index contributed by atoms with van der Waals surface area (Å²) in [6, 6.07) is 0. The van der Waals surface area contributed by atoms with E-state index in [-0.39, 0.29) is 30.1 Å². The summed E-state index contributed by atoms with van der Waals surface area (Å²) < 4.78 is 83.9. The van der Waals surface area contributed by atoms with Crippen LogP contribution in [0.15, 0.2) is 11.6 Å². The SMILES string of the molecule is C[C@@H]1O[C@@H](O[C@H]2[C@H](O)[C@@H](O)[C@H](OC[C@H]3O[C@@H](OC(=O)[C@]45CCC(C)(C)[C@@H](O)[C@H]4C4=CC[C@@H]6[C@@]7(C)CC[C@H](O[C@@H]8OC[C@H](O[C@@H]9O[C@H](CO)[C@@H](O)[C@H](O)[C@H]9O)[C@H](O)[C@H]8O[C@@H]8O[C@@H](C)[C@H](O)[C@@H](O[C@@H]9OC[C@@H](O)[C@H](O)[C@H]9O)[C@H]8O)C(C)(C)[C@@H]7CC[C@@]6(C)[C@]4(C)CC5)[C@H](O)[C@@H](O)[C@@H]3O)O[C@@H]2CO)[C@H](O)[C@H](O)[C@H]1O. The van der Waals surface area contributed by atoms with Crippen molar-refractivity contribution in [1.29, 1.82) is 0 Å². The predicted molar refractivity (Wildman–Crippen MR) is 347 cm³/mol. The molecule has 0 aromatic rings. The number of esters is 1. The van der Waals surface area contributed by atoms with Crippen LogP contribution in [0.3, 0.4) is 0 Å². The first-order valence-corrected chi connectivity index (χ1v) is 37.0. The minimum Gasteiger partial charge on any atom is -0.432 e. The molecule has 0 aromatic heterocycles.